The zero-order chi connectivity index (χ0) is 27.5. The van der Waals surface area contributed by atoms with Crippen LogP contribution in [0.15, 0.2) is 39.5 Å². The molecule has 0 amide bonds. The van der Waals surface area contributed by atoms with Gasteiger partial charge in [0.2, 0.25) is 0 Å². The minimum atomic E-state index is -1.85. The Labute approximate surface area is 213 Å². The van der Waals surface area contributed by atoms with Crippen LogP contribution in [-0.2, 0) is 9.47 Å². The van der Waals surface area contributed by atoms with E-state index in [0.29, 0.717) is 5.56 Å². The number of aromatic hydroxyl groups is 3. The van der Waals surface area contributed by atoms with E-state index in [1.807, 2.05) is 0 Å². The van der Waals surface area contributed by atoms with Gasteiger partial charge in [0.05, 0.1) is 24.3 Å². The fourth-order valence-electron chi connectivity index (χ4n) is 4.83. The Morgan fingerprint density at radius 2 is 1.21 bits per heavy atom. The van der Waals surface area contributed by atoms with Gasteiger partial charge in [-0.1, -0.05) is 0 Å². The van der Waals surface area contributed by atoms with Crippen LogP contribution in [0.5, 0.6) is 17.2 Å². The second-order valence-corrected chi connectivity index (χ2v) is 9.36. The Morgan fingerprint density at radius 1 is 0.684 bits per heavy atom. The van der Waals surface area contributed by atoms with E-state index in [-0.39, 0.29) is 11.5 Å². The number of aliphatic hydroxyl groups is 6. The van der Waals surface area contributed by atoms with Gasteiger partial charge in [0.15, 0.2) is 11.0 Å². The molecule has 5 rings (SSSR count). The van der Waals surface area contributed by atoms with Crippen molar-refractivity contribution >= 4 is 11.0 Å². The van der Waals surface area contributed by atoms with Crippen LogP contribution in [0.4, 0.5) is 0 Å². The van der Waals surface area contributed by atoms with Gasteiger partial charge in [-0.3, -0.25) is 4.79 Å². The van der Waals surface area contributed by atoms with E-state index in [0.717, 1.165) is 6.07 Å². The summed E-state index contributed by atoms with van der Waals surface area (Å²) >= 11 is 0. The van der Waals surface area contributed by atoms with Gasteiger partial charge < -0.3 is 59.8 Å². The molecule has 8 atom stereocenters. The second-order valence-electron chi connectivity index (χ2n) is 9.36. The summed E-state index contributed by atoms with van der Waals surface area (Å²) < 4.78 is 16.8. The smallest absolute Gasteiger partial charge is 0.197 e. The minimum Gasteiger partial charge on any atom is -0.508 e. The Bertz CT molecular complexity index is 1400. The summed E-state index contributed by atoms with van der Waals surface area (Å²) in [4.78, 5) is 13.3. The molecule has 9 N–H and O–H groups in total. The van der Waals surface area contributed by atoms with E-state index in [4.69, 9.17) is 13.9 Å². The Balaban J connectivity index is 1.80. The molecule has 2 aliphatic rings. The van der Waals surface area contributed by atoms with Gasteiger partial charge in [0.1, 0.15) is 77.2 Å². The van der Waals surface area contributed by atoms with Crippen molar-refractivity contribution in [2.24, 2.45) is 0 Å². The normalized spacial score (nSPS) is 31.9. The van der Waals surface area contributed by atoms with Crippen molar-refractivity contribution in [3.8, 4) is 28.6 Å². The van der Waals surface area contributed by atoms with E-state index in [1.54, 1.807) is 0 Å². The van der Waals surface area contributed by atoms with E-state index < -0.39 is 101 Å². The molecule has 0 aliphatic carbocycles. The third kappa shape index (κ3) is 4.19. The number of benzene rings is 2. The molecule has 2 aromatic carbocycles. The third-order valence-electron chi connectivity index (χ3n) is 6.92. The summed E-state index contributed by atoms with van der Waals surface area (Å²) in [7, 11) is 0. The lowest BCUT2D eigenvalue weighted by Crippen LogP contribution is -2.49. The molecule has 13 nitrogen and oxygen atoms in total. The Hall–Kier alpha value is -3.27. The molecule has 0 bridgehead atoms. The first-order valence-electron chi connectivity index (χ1n) is 11.7. The summed E-state index contributed by atoms with van der Waals surface area (Å²) in [6.45, 7) is -0.966. The first-order valence-corrected chi connectivity index (χ1v) is 11.7. The summed E-state index contributed by atoms with van der Waals surface area (Å²) in [6, 6.07) is 6.60. The number of phenols is 3. The maximum absolute atomic E-state index is 13.3. The van der Waals surface area contributed by atoms with Gasteiger partial charge >= 0.3 is 0 Å². The van der Waals surface area contributed by atoms with Crippen molar-refractivity contribution in [3.63, 3.8) is 0 Å². The molecule has 0 spiro atoms. The number of phenolic OH excluding ortho intramolecular Hbond substituents is 3. The highest BCUT2D eigenvalue weighted by Crippen LogP contribution is 2.50. The molecule has 3 aromatic rings. The Kier molecular flexibility index (Phi) is 6.79. The number of fused-ring (bicyclic) bond motifs is 1. The van der Waals surface area contributed by atoms with Crippen molar-refractivity contribution in [2.45, 2.75) is 48.8 Å². The Morgan fingerprint density at radius 3 is 1.76 bits per heavy atom. The van der Waals surface area contributed by atoms with Crippen molar-refractivity contribution in [2.75, 3.05) is 13.2 Å². The highest BCUT2D eigenvalue weighted by molar-refractivity contribution is 5.91. The topological polar surface area (TPSA) is 231 Å². The number of ether oxygens (including phenoxy) is 2. The zero-order valence-electron chi connectivity index (χ0n) is 19.6. The lowest BCUT2D eigenvalue weighted by molar-refractivity contribution is -0.191. The standard InChI is InChI=1S/C25H26O13/c26-9-3-1-8(2-4-9)13-5-10(27)14-19(32)15(24-21(34)17(30)11(28)6-36-24)20(33)16(23(14)38-13)25-22(35)18(31)12(29)7-37-25/h1-5,11-12,17-18,21-22,24-26,28-35H,6-7H2/t11-,12-,17-,18-,21+,22+,24+,25+/m1/s1. The van der Waals surface area contributed by atoms with Crippen LogP contribution < -0.4 is 5.43 Å². The SMILES string of the molecule is O=c1cc(-c2ccc(O)cc2)oc2c([C@@H]3OC[C@@H](O)[C@@H](O)[C@@H]3O)c(O)c([C@@H]3OC[C@@H](O)[C@@H](O)[C@@H]3O)c(O)c12. The van der Waals surface area contributed by atoms with Gasteiger partial charge in [0.25, 0.3) is 0 Å². The maximum atomic E-state index is 13.3. The van der Waals surface area contributed by atoms with Crippen LogP contribution in [0.2, 0.25) is 0 Å². The van der Waals surface area contributed by atoms with Crippen LogP contribution in [-0.4, -0.2) is 95.8 Å². The molecule has 13 heteroatoms. The largest absolute Gasteiger partial charge is 0.508 e. The van der Waals surface area contributed by atoms with Crippen molar-refractivity contribution < 1.29 is 59.8 Å². The average molecular weight is 534 g/mol. The number of hydrogen-bond acceptors (Lipinski definition) is 13. The van der Waals surface area contributed by atoms with Gasteiger partial charge in [0, 0.05) is 11.6 Å². The van der Waals surface area contributed by atoms with Crippen LogP contribution in [0, 0.1) is 0 Å². The minimum absolute atomic E-state index is 0.0475. The highest BCUT2D eigenvalue weighted by Gasteiger charge is 2.46. The monoisotopic (exact) mass is 534 g/mol. The predicted molar refractivity (Wildman–Crippen MR) is 126 cm³/mol. The first kappa shape index (κ1) is 26.3. The van der Waals surface area contributed by atoms with Crippen molar-refractivity contribution in [1.82, 2.24) is 0 Å². The molecule has 1 aromatic heterocycles. The lowest BCUT2D eigenvalue weighted by atomic mass is 9.87. The van der Waals surface area contributed by atoms with E-state index in [1.165, 1.54) is 24.3 Å². The van der Waals surface area contributed by atoms with Gasteiger partial charge in [-0.05, 0) is 24.3 Å². The zero-order valence-corrected chi connectivity index (χ0v) is 19.6. The average Bonchev–Trinajstić information content (AvgIpc) is 2.88. The number of rotatable bonds is 3. The summed E-state index contributed by atoms with van der Waals surface area (Å²) in [5, 5.41) is 93.1. The molecule has 2 fully saturated rings. The summed E-state index contributed by atoms with van der Waals surface area (Å²) in [6.07, 6.45) is -13.3. The molecule has 0 unspecified atom stereocenters. The fourth-order valence-corrected chi connectivity index (χ4v) is 4.83. The van der Waals surface area contributed by atoms with Crippen LogP contribution in [0.1, 0.15) is 23.3 Å². The molecule has 0 radical (unpaired) electrons. The molecule has 2 aliphatic heterocycles. The summed E-state index contributed by atoms with van der Waals surface area (Å²) in [5.41, 5.74) is -1.86. The predicted octanol–water partition coefficient (Wildman–Crippen LogP) is -1.12. The molecule has 3 heterocycles. The van der Waals surface area contributed by atoms with E-state index in [2.05, 4.69) is 0 Å². The molecule has 2 saturated heterocycles. The van der Waals surface area contributed by atoms with Crippen molar-refractivity contribution in [3.05, 3.63) is 51.7 Å². The highest BCUT2D eigenvalue weighted by atomic mass is 16.5. The lowest BCUT2D eigenvalue weighted by Gasteiger charge is -2.38. The number of aliphatic hydroxyl groups excluding tert-OH is 6. The number of hydrogen-bond donors (Lipinski definition) is 9. The molecule has 0 saturated carbocycles. The van der Waals surface area contributed by atoms with Gasteiger partial charge in [-0.15, -0.1) is 0 Å². The fraction of sp³-hybridized carbons (Fsp3) is 0.400. The second kappa shape index (κ2) is 9.80. The van der Waals surface area contributed by atoms with Gasteiger partial charge in [-0.25, -0.2) is 0 Å². The van der Waals surface area contributed by atoms with Crippen LogP contribution in [0.3, 0.4) is 0 Å². The molecular weight excluding hydrogens is 508 g/mol. The summed E-state index contributed by atoms with van der Waals surface area (Å²) in [5.74, 6) is -1.80. The van der Waals surface area contributed by atoms with Crippen LogP contribution in [0.25, 0.3) is 22.3 Å². The molecular formula is C25H26O13. The van der Waals surface area contributed by atoms with E-state index >= 15 is 0 Å². The van der Waals surface area contributed by atoms with Crippen molar-refractivity contribution in [1.29, 1.82) is 0 Å². The van der Waals surface area contributed by atoms with Crippen LogP contribution >= 0.6 is 0 Å². The third-order valence-corrected chi connectivity index (χ3v) is 6.92. The molecule has 38 heavy (non-hydrogen) atoms. The molecule has 204 valence electrons. The van der Waals surface area contributed by atoms with Gasteiger partial charge in [-0.2, -0.15) is 0 Å². The quantitative estimate of drug-likeness (QED) is 0.194. The van der Waals surface area contributed by atoms with E-state index in [9.17, 15) is 50.8 Å². The first-order chi connectivity index (χ1) is 18.0. The maximum Gasteiger partial charge on any atom is 0.197 e.